The number of hydrogen-bond donors (Lipinski definition) is 0. The number of aromatic nitrogens is 3. The Hall–Kier alpha value is -3.87. The van der Waals surface area contributed by atoms with Crippen molar-refractivity contribution in [2.24, 2.45) is 0 Å². The summed E-state index contributed by atoms with van der Waals surface area (Å²) in [5.41, 5.74) is 3.71. The molecule has 7 heteroatoms. The number of carbonyl (C=O) groups excluding carboxylic acids is 1. The molecule has 0 aliphatic carbocycles. The highest BCUT2D eigenvalue weighted by Crippen LogP contribution is 2.23. The fourth-order valence-electron chi connectivity index (χ4n) is 4.07. The van der Waals surface area contributed by atoms with Gasteiger partial charge in [0.05, 0.1) is 16.8 Å². The van der Waals surface area contributed by atoms with Crippen LogP contribution < -0.4 is 4.90 Å². The average Bonchev–Trinajstić information content (AvgIpc) is 2.84. The van der Waals surface area contributed by atoms with E-state index in [-0.39, 0.29) is 11.7 Å². The Morgan fingerprint density at radius 1 is 0.906 bits per heavy atom. The van der Waals surface area contributed by atoms with Crippen molar-refractivity contribution in [1.29, 1.82) is 0 Å². The fourth-order valence-corrected chi connectivity index (χ4v) is 4.07. The maximum absolute atomic E-state index is 13.8. The second-order valence-corrected chi connectivity index (χ2v) is 7.89. The number of piperazine rings is 1. The lowest BCUT2D eigenvalue weighted by Crippen LogP contribution is -2.49. The van der Waals surface area contributed by atoms with Gasteiger partial charge in [-0.25, -0.2) is 4.39 Å². The van der Waals surface area contributed by atoms with Crippen molar-refractivity contribution >= 4 is 22.6 Å². The summed E-state index contributed by atoms with van der Waals surface area (Å²) in [5.74, 6) is 0.319. The van der Waals surface area contributed by atoms with Crippen LogP contribution in [0.4, 0.5) is 10.2 Å². The molecule has 0 radical (unpaired) electrons. The summed E-state index contributed by atoms with van der Waals surface area (Å²) in [6.45, 7) is 4.26. The Morgan fingerprint density at radius 3 is 2.41 bits per heavy atom. The van der Waals surface area contributed by atoms with Crippen molar-refractivity contribution in [2.45, 2.75) is 6.92 Å². The van der Waals surface area contributed by atoms with Crippen LogP contribution in [0.25, 0.3) is 22.2 Å². The normalized spacial score (nSPS) is 14.1. The number of aryl methyl sites for hydroxylation is 1. The molecule has 0 unspecified atom stereocenters. The van der Waals surface area contributed by atoms with Crippen LogP contribution in [0.15, 0.2) is 66.7 Å². The molecule has 32 heavy (non-hydrogen) atoms. The van der Waals surface area contributed by atoms with Crippen LogP contribution in [-0.4, -0.2) is 52.2 Å². The summed E-state index contributed by atoms with van der Waals surface area (Å²) in [6, 6.07) is 20.0. The first kappa shape index (κ1) is 20.1. The van der Waals surface area contributed by atoms with E-state index in [4.69, 9.17) is 0 Å². The first-order valence-corrected chi connectivity index (χ1v) is 10.6. The highest BCUT2D eigenvalue weighted by molar-refractivity contribution is 6.06. The lowest BCUT2D eigenvalue weighted by atomic mass is 10.1. The zero-order chi connectivity index (χ0) is 22.1. The van der Waals surface area contributed by atoms with Crippen LogP contribution in [0, 0.1) is 12.7 Å². The Morgan fingerprint density at radius 2 is 1.69 bits per heavy atom. The topological polar surface area (TPSA) is 62.2 Å². The molecule has 0 saturated carbocycles. The average molecular weight is 427 g/mol. The van der Waals surface area contributed by atoms with Gasteiger partial charge >= 0.3 is 0 Å². The van der Waals surface area contributed by atoms with Crippen LogP contribution in [0.2, 0.25) is 0 Å². The number of halogens is 1. The highest BCUT2D eigenvalue weighted by Gasteiger charge is 2.25. The van der Waals surface area contributed by atoms with Gasteiger partial charge in [0.1, 0.15) is 5.82 Å². The number of fused-ring (bicyclic) bond motifs is 1. The predicted octanol–water partition coefficient (Wildman–Crippen LogP) is 4.10. The van der Waals surface area contributed by atoms with Gasteiger partial charge in [-0.2, -0.15) is 0 Å². The summed E-state index contributed by atoms with van der Waals surface area (Å²) < 4.78 is 13.8. The van der Waals surface area contributed by atoms with Crippen LogP contribution >= 0.6 is 0 Å². The predicted molar refractivity (Wildman–Crippen MR) is 122 cm³/mol. The van der Waals surface area contributed by atoms with E-state index in [9.17, 15) is 9.18 Å². The molecular weight excluding hydrogens is 405 g/mol. The van der Waals surface area contributed by atoms with E-state index >= 15 is 0 Å². The molecule has 5 rings (SSSR count). The Balaban J connectivity index is 1.30. The number of amides is 1. The first-order chi connectivity index (χ1) is 15.6. The van der Waals surface area contributed by atoms with Gasteiger partial charge in [0.25, 0.3) is 5.91 Å². The van der Waals surface area contributed by atoms with Crippen molar-refractivity contribution in [2.75, 3.05) is 31.1 Å². The van der Waals surface area contributed by atoms with Gasteiger partial charge in [0.15, 0.2) is 5.82 Å². The van der Waals surface area contributed by atoms with Gasteiger partial charge < -0.3 is 9.80 Å². The first-order valence-electron chi connectivity index (χ1n) is 10.6. The molecule has 1 fully saturated rings. The lowest BCUT2D eigenvalue weighted by molar-refractivity contribution is 0.0748. The van der Waals surface area contributed by atoms with Crippen LogP contribution in [0.1, 0.15) is 16.1 Å². The van der Waals surface area contributed by atoms with E-state index in [0.717, 1.165) is 22.8 Å². The minimum absolute atomic E-state index is 0.101. The largest absolute Gasteiger partial charge is 0.352 e. The van der Waals surface area contributed by atoms with Crippen LogP contribution in [-0.2, 0) is 0 Å². The summed E-state index contributed by atoms with van der Waals surface area (Å²) in [5, 5.41) is 9.30. The van der Waals surface area contributed by atoms with Gasteiger partial charge in [0, 0.05) is 42.8 Å². The number of hydrogen-bond acceptors (Lipinski definition) is 5. The molecule has 0 atom stereocenters. The number of carbonyl (C=O) groups is 1. The smallest absolute Gasteiger partial charge is 0.254 e. The molecule has 2 aromatic carbocycles. The van der Waals surface area contributed by atoms with Gasteiger partial charge in [0.2, 0.25) is 0 Å². The Kier molecular flexibility index (Phi) is 5.23. The molecule has 3 heterocycles. The van der Waals surface area contributed by atoms with Crippen molar-refractivity contribution in [3.05, 3.63) is 83.8 Å². The maximum Gasteiger partial charge on any atom is 0.254 e. The summed E-state index contributed by atoms with van der Waals surface area (Å²) >= 11 is 0. The molecule has 160 valence electrons. The molecule has 6 nitrogen and oxygen atoms in total. The molecular formula is C25H22FN5O. The van der Waals surface area contributed by atoms with E-state index in [1.54, 1.807) is 17.0 Å². The molecule has 4 aromatic rings. The van der Waals surface area contributed by atoms with Crippen molar-refractivity contribution < 1.29 is 9.18 Å². The quantitative estimate of drug-likeness (QED) is 0.493. The Bertz CT molecular complexity index is 1270. The summed E-state index contributed by atoms with van der Waals surface area (Å²) in [6.07, 6.45) is 0. The standard InChI is InChI=1S/C25H22FN5O/c1-17-15-21(20-16-19(26)7-8-23(20)27-17)25(32)31-13-11-30(12-14-31)24-10-9-22(28-29-24)18-5-3-2-4-6-18/h2-10,15-16H,11-14H2,1H3. The maximum atomic E-state index is 13.8. The lowest BCUT2D eigenvalue weighted by Gasteiger charge is -2.35. The van der Waals surface area contributed by atoms with E-state index in [1.165, 1.54) is 12.1 Å². The highest BCUT2D eigenvalue weighted by atomic mass is 19.1. The molecule has 1 saturated heterocycles. The summed E-state index contributed by atoms with van der Waals surface area (Å²) in [4.78, 5) is 21.6. The molecule has 0 bridgehead atoms. The fraction of sp³-hybridized carbons (Fsp3) is 0.200. The van der Waals surface area contributed by atoms with E-state index < -0.39 is 0 Å². The zero-order valence-corrected chi connectivity index (χ0v) is 17.7. The van der Waals surface area contributed by atoms with Crippen molar-refractivity contribution in [3.63, 3.8) is 0 Å². The molecule has 1 aliphatic rings. The number of rotatable bonds is 3. The minimum atomic E-state index is -0.375. The summed E-state index contributed by atoms with van der Waals surface area (Å²) in [7, 11) is 0. The SMILES string of the molecule is Cc1cc(C(=O)N2CCN(c3ccc(-c4ccccc4)nn3)CC2)c2cc(F)ccc2n1. The van der Waals surface area contributed by atoms with Crippen molar-refractivity contribution in [1.82, 2.24) is 20.1 Å². The monoisotopic (exact) mass is 427 g/mol. The molecule has 1 amide bonds. The van der Waals surface area contributed by atoms with Gasteiger partial charge in [-0.3, -0.25) is 9.78 Å². The van der Waals surface area contributed by atoms with Crippen LogP contribution in [0.5, 0.6) is 0 Å². The van der Waals surface area contributed by atoms with Gasteiger partial charge in [-0.05, 0) is 43.3 Å². The second kappa shape index (κ2) is 8.34. The molecule has 1 aliphatic heterocycles. The third-order valence-corrected chi connectivity index (χ3v) is 5.74. The second-order valence-electron chi connectivity index (χ2n) is 7.89. The Labute approximate surface area is 185 Å². The number of nitrogens with zero attached hydrogens (tertiary/aromatic N) is 5. The van der Waals surface area contributed by atoms with E-state index in [2.05, 4.69) is 20.1 Å². The third kappa shape index (κ3) is 3.89. The number of benzene rings is 2. The number of pyridine rings is 1. The van der Waals surface area contributed by atoms with Crippen LogP contribution in [0.3, 0.4) is 0 Å². The van der Waals surface area contributed by atoms with E-state index in [1.807, 2.05) is 49.4 Å². The minimum Gasteiger partial charge on any atom is -0.352 e. The van der Waals surface area contributed by atoms with E-state index in [0.29, 0.717) is 42.6 Å². The van der Waals surface area contributed by atoms with Gasteiger partial charge in [-0.15, -0.1) is 10.2 Å². The number of anilines is 1. The molecule has 0 spiro atoms. The zero-order valence-electron chi connectivity index (χ0n) is 17.7. The third-order valence-electron chi connectivity index (χ3n) is 5.74. The van der Waals surface area contributed by atoms with Gasteiger partial charge in [-0.1, -0.05) is 30.3 Å². The van der Waals surface area contributed by atoms with Crippen molar-refractivity contribution in [3.8, 4) is 11.3 Å². The molecule has 0 N–H and O–H groups in total. The molecule has 2 aromatic heterocycles.